The summed E-state index contributed by atoms with van der Waals surface area (Å²) in [6.07, 6.45) is 1.81. The van der Waals surface area contributed by atoms with Crippen LogP contribution in [0.1, 0.15) is 29.8 Å². The van der Waals surface area contributed by atoms with Gasteiger partial charge in [0.15, 0.2) is 0 Å². The minimum Gasteiger partial charge on any atom is -0.304 e. The normalized spacial score (nSPS) is 12.7. The number of thiophene rings is 1. The minimum atomic E-state index is 0.155. The summed E-state index contributed by atoms with van der Waals surface area (Å²) in [5, 5.41) is 3.41. The number of rotatable bonds is 4. The molecule has 2 heterocycles. The van der Waals surface area contributed by atoms with Gasteiger partial charge in [-0.15, -0.1) is 11.3 Å². The molecule has 1 N–H and O–H groups in total. The average Bonchev–Trinajstić information content (AvgIpc) is 2.67. The van der Waals surface area contributed by atoms with Gasteiger partial charge in [-0.1, -0.05) is 29.3 Å². The minimum absolute atomic E-state index is 0.155. The largest absolute Gasteiger partial charge is 0.304 e. The van der Waals surface area contributed by atoms with Crippen LogP contribution in [0.3, 0.4) is 0 Å². The summed E-state index contributed by atoms with van der Waals surface area (Å²) in [7, 11) is 0. The van der Waals surface area contributed by atoms with Crippen molar-refractivity contribution in [2.24, 2.45) is 0 Å². The fourth-order valence-electron chi connectivity index (χ4n) is 1.71. The third-order valence-electron chi connectivity index (χ3n) is 2.84. The van der Waals surface area contributed by atoms with E-state index in [0.29, 0.717) is 0 Å². The molecule has 2 rings (SSSR count). The van der Waals surface area contributed by atoms with Crippen LogP contribution in [0.15, 0.2) is 24.4 Å². The van der Waals surface area contributed by atoms with E-state index in [2.05, 4.69) is 30.2 Å². The Morgan fingerprint density at radius 3 is 2.83 bits per heavy atom. The van der Waals surface area contributed by atoms with E-state index in [4.69, 9.17) is 23.2 Å². The summed E-state index contributed by atoms with van der Waals surface area (Å²) in [4.78, 5) is 4.35. The van der Waals surface area contributed by atoms with Crippen LogP contribution in [0, 0.1) is 6.92 Å². The Bertz CT molecular complexity index is 540. The zero-order valence-electron chi connectivity index (χ0n) is 10.2. The molecule has 0 aromatic carbocycles. The number of halogens is 2. The van der Waals surface area contributed by atoms with Crippen LogP contribution >= 0.6 is 34.5 Å². The zero-order chi connectivity index (χ0) is 13.1. The van der Waals surface area contributed by atoms with Gasteiger partial charge in [0.05, 0.1) is 14.4 Å². The molecule has 0 fully saturated rings. The fraction of sp³-hybridized carbons (Fsp3) is 0.308. The van der Waals surface area contributed by atoms with E-state index in [9.17, 15) is 0 Å². The molecule has 2 aromatic rings. The Balaban J connectivity index is 2.03. The summed E-state index contributed by atoms with van der Waals surface area (Å²) in [5.41, 5.74) is 3.29. The number of nitrogens with zero attached hydrogens (tertiary/aromatic N) is 1. The predicted octanol–water partition coefficient (Wildman–Crippen LogP) is 4.61. The molecule has 0 saturated heterocycles. The quantitative estimate of drug-likeness (QED) is 0.892. The van der Waals surface area contributed by atoms with Gasteiger partial charge >= 0.3 is 0 Å². The highest BCUT2D eigenvalue weighted by atomic mass is 35.5. The number of pyridine rings is 1. The van der Waals surface area contributed by atoms with Crippen LogP contribution < -0.4 is 5.32 Å². The Morgan fingerprint density at radius 2 is 2.22 bits per heavy atom. The van der Waals surface area contributed by atoms with E-state index in [-0.39, 0.29) is 6.04 Å². The number of aryl methyl sites for hydroxylation is 1. The molecule has 0 spiro atoms. The monoisotopic (exact) mass is 300 g/mol. The van der Waals surface area contributed by atoms with Crippen LogP contribution in [0.5, 0.6) is 0 Å². The van der Waals surface area contributed by atoms with Crippen molar-refractivity contribution >= 4 is 34.5 Å². The maximum absolute atomic E-state index is 6.13. The van der Waals surface area contributed by atoms with Crippen LogP contribution in [-0.4, -0.2) is 4.98 Å². The molecule has 0 aliphatic heterocycles. The first-order valence-electron chi connectivity index (χ1n) is 5.66. The van der Waals surface area contributed by atoms with E-state index in [1.54, 1.807) is 0 Å². The first-order valence-corrected chi connectivity index (χ1v) is 7.23. The van der Waals surface area contributed by atoms with Crippen molar-refractivity contribution in [3.8, 4) is 0 Å². The standard InChI is InChI=1S/C13H14Cl2N2S/c1-8-4-3-5-16-11(8)7-17-9(2)10-6-12(14)18-13(10)15/h3-6,9,17H,7H2,1-2H3. The summed E-state index contributed by atoms with van der Waals surface area (Å²) in [6, 6.07) is 6.07. The average molecular weight is 301 g/mol. The van der Waals surface area contributed by atoms with Crippen molar-refractivity contribution in [1.29, 1.82) is 0 Å². The van der Waals surface area contributed by atoms with E-state index < -0.39 is 0 Å². The molecule has 0 amide bonds. The predicted molar refractivity (Wildman–Crippen MR) is 78.6 cm³/mol. The Kier molecular flexibility index (Phi) is 4.62. The zero-order valence-corrected chi connectivity index (χ0v) is 12.5. The highest BCUT2D eigenvalue weighted by Crippen LogP contribution is 2.34. The molecule has 18 heavy (non-hydrogen) atoms. The molecule has 1 atom stereocenters. The van der Waals surface area contributed by atoms with Crippen molar-refractivity contribution in [3.63, 3.8) is 0 Å². The molecular weight excluding hydrogens is 287 g/mol. The SMILES string of the molecule is Cc1cccnc1CNC(C)c1cc(Cl)sc1Cl. The van der Waals surface area contributed by atoms with Gasteiger partial charge in [-0.3, -0.25) is 4.98 Å². The third kappa shape index (κ3) is 3.23. The van der Waals surface area contributed by atoms with Crippen LogP contribution in [-0.2, 0) is 6.54 Å². The van der Waals surface area contributed by atoms with E-state index in [1.165, 1.54) is 16.9 Å². The molecule has 0 aliphatic rings. The van der Waals surface area contributed by atoms with E-state index in [0.717, 1.165) is 26.5 Å². The number of aromatic nitrogens is 1. The molecule has 1 unspecified atom stereocenters. The lowest BCUT2D eigenvalue weighted by Gasteiger charge is -2.13. The molecule has 5 heteroatoms. The Hall–Kier alpha value is -0.610. The number of hydrogen-bond acceptors (Lipinski definition) is 3. The van der Waals surface area contributed by atoms with Gasteiger partial charge in [0.25, 0.3) is 0 Å². The summed E-state index contributed by atoms with van der Waals surface area (Å²) < 4.78 is 1.47. The van der Waals surface area contributed by atoms with Gasteiger partial charge in [0.2, 0.25) is 0 Å². The summed E-state index contributed by atoms with van der Waals surface area (Å²) in [5.74, 6) is 0. The summed E-state index contributed by atoms with van der Waals surface area (Å²) in [6.45, 7) is 4.85. The fourth-order valence-corrected chi connectivity index (χ4v) is 3.36. The molecular formula is C13H14Cl2N2S. The van der Waals surface area contributed by atoms with E-state index >= 15 is 0 Å². The molecule has 2 aromatic heterocycles. The number of hydrogen-bond donors (Lipinski definition) is 1. The summed E-state index contributed by atoms with van der Waals surface area (Å²) >= 11 is 13.5. The van der Waals surface area contributed by atoms with Gasteiger partial charge in [0.1, 0.15) is 0 Å². The van der Waals surface area contributed by atoms with Gasteiger partial charge in [0, 0.05) is 18.8 Å². The van der Waals surface area contributed by atoms with Crippen molar-refractivity contribution in [2.45, 2.75) is 26.4 Å². The smallest absolute Gasteiger partial charge is 0.0991 e. The van der Waals surface area contributed by atoms with Crippen LogP contribution in [0.25, 0.3) is 0 Å². The lowest BCUT2D eigenvalue weighted by molar-refractivity contribution is 0.568. The van der Waals surface area contributed by atoms with Crippen molar-refractivity contribution in [3.05, 3.63) is 49.9 Å². The van der Waals surface area contributed by atoms with E-state index in [1.807, 2.05) is 18.3 Å². The van der Waals surface area contributed by atoms with Gasteiger partial charge in [-0.05, 0) is 37.1 Å². The second kappa shape index (κ2) is 6.02. The second-order valence-electron chi connectivity index (χ2n) is 4.15. The second-order valence-corrected chi connectivity index (χ2v) is 6.43. The molecule has 0 bridgehead atoms. The molecule has 0 aliphatic carbocycles. The third-order valence-corrected chi connectivity index (χ3v) is 4.36. The highest BCUT2D eigenvalue weighted by Gasteiger charge is 2.13. The first-order chi connectivity index (χ1) is 8.58. The maximum Gasteiger partial charge on any atom is 0.0991 e. The van der Waals surface area contributed by atoms with Crippen LogP contribution in [0.4, 0.5) is 0 Å². The lowest BCUT2D eigenvalue weighted by atomic mass is 10.1. The molecule has 0 saturated carbocycles. The molecule has 2 nitrogen and oxygen atoms in total. The Morgan fingerprint density at radius 1 is 1.44 bits per heavy atom. The topological polar surface area (TPSA) is 24.9 Å². The van der Waals surface area contributed by atoms with Crippen LogP contribution in [0.2, 0.25) is 8.67 Å². The molecule has 96 valence electrons. The first kappa shape index (κ1) is 13.8. The lowest BCUT2D eigenvalue weighted by Crippen LogP contribution is -2.19. The van der Waals surface area contributed by atoms with Crippen molar-refractivity contribution < 1.29 is 0 Å². The van der Waals surface area contributed by atoms with Gasteiger partial charge < -0.3 is 5.32 Å². The van der Waals surface area contributed by atoms with Crippen molar-refractivity contribution in [2.75, 3.05) is 0 Å². The Labute approximate surface area is 121 Å². The van der Waals surface area contributed by atoms with Gasteiger partial charge in [-0.2, -0.15) is 0 Å². The maximum atomic E-state index is 6.13. The number of nitrogens with one attached hydrogen (secondary N) is 1. The van der Waals surface area contributed by atoms with Gasteiger partial charge in [-0.25, -0.2) is 0 Å². The van der Waals surface area contributed by atoms with Crippen molar-refractivity contribution in [1.82, 2.24) is 10.3 Å². The molecule has 0 radical (unpaired) electrons. The highest BCUT2D eigenvalue weighted by molar-refractivity contribution is 7.20.